The Balaban J connectivity index is 1.25. The second-order valence-electron chi connectivity index (χ2n) is 7.94. The van der Waals surface area contributed by atoms with Gasteiger partial charge in [0.25, 0.3) is 5.91 Å². The molecule has 3 aliphatic rings. The van der Waals surface area contributed by atoms with Crippen molar-refractivity contribution in [3.8, 4) is 17.2 Å². The number of nitrogens with two attached hydrogens (primary N) is 1. The molecular formula is C22H24N4O5S. The van der Waals surface area contributed by atoms with Crippen LogP contribution in [0.3, 0.4) is 0 Å². The van der Waals surface area contributed by atoms with Crippen LogP contribution >= 0.6 is 0 Å². The Labute approximate surface area is 188 Å². The molecule has 0 bridgehead atoms. The SMILES string of the molecule is NC1=NS(=O)Nc2cccc(OCC3CCCN(C(=O)c4ccc5c(c4)OCCO5)C3)c21. The van der Waals surface area contributed by atoms with Crippen molar-refractivity contribution in [1.29, 1.82) is 0 Å². The smallest absolute Gasteiger partial charge is 0.254 e. The molecule has 0 aromatic heterocycles. The van der Waals surface area contributed by atoms with Crippen molar-refractivity contribution in [1.82, 2.24) is 4.90 Å². The van der Waals surface area contributed by atoms with E-state index < -0.39 is 11.2 Å². The third-order valence-electron chi connectivity index (χ3n) is 5.73. The molecule has 3 N–H and O–H groups in total. The molecule has 2 unspecified atom stereocenters. The zero-order valence-electron chi connectivity index (χ0n) is 17.4. The lowest BCUT2D eigenvalue weighted by Crippen LogP contribution is -2.41. The zero-order valence-corrected chi connectivity index (χ0v) is 18.2. The van der Waals surface area contributed by atoms with E-state index in [1.807, 2.05) is 17.0 Å². The van der Waals surface area contributed by atoms with Gasteiger partial charge in [0.1, 0.15) is 24.8 Å². The maximum Gasteiger partial charge on any atom is 0.254 e. The molecule has 0 aliphatic carbocycles. The summed E-state index contributed by atoms with van der Waals surface area (Å²) in [4.78, 5) is 15.0. The molecule has 3 aliphatic heterocycles. The van der Waals surface area contributed by atoms with Crippen molar-refractivity contribution in [2.45, 2.75) is 12.8 Å². The van der Waals surface area contributed by atoms with E-state index in [1.54, 1.807) is 24.3 Å². The average Bonchev–Trinajstić information content (AvgIpc) is 2.81. The van der Waals surface area contributed by atoms with Gasteiger partial charge in [-0.25, -0.2) is 4.21 Å². The summed E-state index contributed by atoms with van der Waals surface area (Å²) in [5.74, 6) is 2.22. The van der Waals surface area contributed by atoms with E-state index >= 15 is 0 Å². The van der Waals surface area contributed by atoms with E-state index in [4.69, 9.17) is 19.9 Å². The van der Waals surface area contributed by atoms with Crippen LogP contribution in [0.5, 0.6) is 17.2 Å². The minimum atomic E-state index is -1.58. The predicted octanol–water partition coefficient (Wildman–Crippen LogP) is 2.10. The number of fused-ring (bicyclic) bond motifs is 2. The van der Waals surface area contributed by atoms with Crippen LogP contribution in [-0.2, 0) is 11.2 Å². The zero-order chi connectivity index (χ0) is 22.1. The van der Waals surface area contributed by atoms with Gasteiger partial charge in [-0.1, -0.05) is 6.07 Å². The second-order valence-corrected chi connectivity index (χ2v) is 8.82. The Bertz CT molecular complexity index is 1110. The van der Waals surface area contributed by atoms with Gasteiger partial charge in [0.15, 0.2) is 11.5 Å². The molecule has 1 amide bonds. The number of nitrogens with zero attached hydrogens (tertiary/aromatic N) is 2. The number of ether oxygens (including phenoxy) is 3. The fourth-order valence-electron chi connectivity index (χ4n) is 4.20. The van der Waals surface area contributed by atoms with Crippen LogP contribution in [-0.4, -0.2) is 53.8 Å². The lowest BCUT2D eigenvalue weighted by molar-refractivity contribution is 0.0632. The maximum atomic E-state index is 13.1. The first-order chi connectivity index (χ1) is 15.6. The number of likely N-dealkylation sites (tertiary alicyclic amines) is 1. The Morgan fingerprint density at radius 1 is 1.25 bits per heavy atom. The molecule has 2 atom stereocenters. The van der Waals surface area contributed by atoms with E-state index in [-0.39, 0.29) is 17.7 Å². The van der Waals surface area contributed by atoms with Crippen LogP contribution in [0.25, 0.3) is 0 Å². The van der Waals surface area contributed by atoms with Gasteiger partial charge in [-0.3, -0.25) is 9.52 Å². The van der Waals surface area contributed by atoms with E-state index in [9.17, 15) is 9.00 Å². The summed E-state index contributed by atoms with van der Waals surface area (Å²) in [5, 5.41) is 0. The Kier molecular flexibility index (Phi) is 5.60. The fraction of sp³-hybridized carbons (Fsp3) is 0.364. The fourth-order valence-corrected chi connectivity index (χ4v) is 4.88. The standard InChI is InChI=1S/C22H24N4O5S/c23-21-20-16(24-32(28)25-21)4-1-5-18(20)31-13-14-3-2-8-26(12-14)22(27)15-6-7-17-19(11-15)30-10-9-29-17/h1,4-7,11,14,24H,2-3,8-10,12-13H2,(H2,23,25). The van der Waals surface area contributed by atoms with Crippen molar-refractivity contribution in [2.24, 2.45) is 16.0 Å². The van der Waals surface area contributed by atoms with Gasteiger partial charge in [-0.05, 0) is 43.2 Å². The molecule has 10 heteroatoms. The highest BCUT2D eigenvalue weighted by molar-refractivity contribution is 7.85. The number of rotatable bonds is 4. The van der Waals surface area contributed by atoms with Gasteiger partial charge in [0.2, 0.25) is 11.2 Å². The minimum Gasteiger partial charge on any atom is -0.492 e. The van der Waals surface area contributed by atoms with Crippen LogP contribution in [0, 0.1) is 5.92 Å². The van der Waals surface area contributed by atoms with Crippen molar-refractivity contribution in [3.05, 3.63) is 47.5 Å². The second kappa shape index (κ2) is 8.70. The average molecular weight is 457 g/mol. The maximum absolute atomic E-state index is 13.1. The van der Waals surface area contributed by atoms with Crippen LogP contribution in [0.2, 0.25) is 0 Å². The van der Waals surface area contributed by atoms with Crippen molar-refractivity contribution >= 4 is 28.6 Å². The summed E-state index contributed by atoms with van der Waals surface area (Å²) in [5.41, 5.74) is 7.83. The van der Waals surface area contributed by atoms with Crippen LogP contribution in [0.1, 0.15) is 28.8 Å². The van der Waals surface area contributed by atoms with Gasteiger partial charge in [-0.2, -0.15) is 4.40 Å². The lowest BCUT2D eigenvalue weighted by atomic mass is 9.98. The molecule has 1 saturated heterocycles. The molecule has 168 valence electrons. The summed E-state index contributed by atoms with van der Waals surface area (Å²) in [6.45, 7) is 2.76. The van der Waals surface area contributed by atoms with Gasteiger partial charge in [-0.15, -0.1) is 0 Å². The minimum absolute atomic E-state index is 0.0215. The van der Waals surface area contributed by atoms with Crippen molar-refractivity contribution in [3.63, 3.8) is 0 Å². The lowest BCUT2D eigenvalue weighted by Gasteiger charge is -2.33. The first-order valence-electron chi connectivity index (χ1n) is 10.6. The first kappa shape index (κ1) is 20.6. The molecular weight excluding hydrogens is 432 g/mol. The van der Waals surface area contributed by atoms with Crippen LogP contribution in [0.4, 0.5) is 5.69 Å². The molecule has 0 saturated carbocycles. The van der Waals surface area contributed by atoms with Gasteiger partial charge in [0, 0.05) is 24.6 Å². The number of carbonyl (C=O) groups is 1. The molecule has 32 heavy (non-hydrogen) atoms. The molecule has 0 spiro atoms. The molecule has 1 fully saturated rings. The number of amides is 1. The van der Waals surface area contributed by atoms with Crippen LogP contribution < -0.4 is 24.7 Å². The molecule has 2 aromatic carbocycles. The highest BCUT2D eigenvalue weighted by Gasteiger charge is 2.27. The van der Waals surface area contributed by atoms with Gasteiger partial charge >= 0.3 is 0 Å². The number of carbonyl (C=O) groups excluding carboxylic acids is 1. The Morgan fingerprint density at radius 2 is 2.09 bits per heavy atom. The number of hydrogen-bond donors (Lipinski definition) is 2. The number of anilines is 1. The summed E-state index contributed by atoms with van der Waals surface area (Å²) in [6.07, 6.45) is 1.87. The van der Waals surface area contributed by atoms with E-state index in [0.29, 0.717) is 67.0 Å². The number of amidine groups is 1. The quantitative estimate of drug-likeness (QED) is 0.728. The third kappa shape index (κ3) is 4.10. The molecule has 5 rings (SSSR count). The molecule has 9 nitrogen and oxygen atoms in total. The largest absolute Gasteiger partial charge is 0.492 e. The Hall–Kier alpha value is -3.27. The summed E-state index contributed by atoms with van der Waals surface area (Å²) in [6, 6.07) is 10.7. The van der Waals surface area contributed by atoms with E-state index in [0.717, 1.165) is 12.8 Å². The normalized spacial score (nSPS) is 21.8. The third-order valence-corrected chi connectivity index (χ3v) is 6.49. The highest BCUT2D eigenvalue weighted by Crippen LogP contribution is 2.32. The Morgan fingerprint density at radius 3 is 2.97 bits per heavy atom. The number of benzene rings is 2. The van der Waals surface area contributed by atoms with Gasteiger partial charge in [0.05, 0.1) is 17.9 Å². The number of hydrogen-bond acceptors (Lipinski definition) is 6. The van der Waals surface area contributed by atoms with E-state index in [1.165, 1.54) is 0 Å². The summed E-state index contributed by atoms with van der Waals surface area (Å²) >= 11 is -1.58. The predicted molar refractivity (Wildman–Crippen MR) is 120 cm³/mol. The summed E-state index contributed by atoms with van der Waals surface area (Å²) in [7, 11) is 0. The monoisotopic (exact) mass is 456 g/mol. The molecule has 0 radical (unpaired) electrons. The molecule has 3 heterocycles. The molecule has 2 aromatic rings. The van der Waals surface area contributed by atoms with Crippen LogP contribution in [0.15, 0.2) is 40.8 Å². The van der Waals surface area contributed by atoms with Crippen molar-refractivity contribution < 1.29 is 23.2 Å². The summed E-state index contributed by atoms with van der Waals surface area (Å²) < 4.78 is 35.6. The first-order valence-corrected chi connectivity index (χ1v) is 11.7. The topological polar surface area (TPSA) is 115 Å². The highest BCUT2D eigenvalue weighted by atomic mass is 32.2. The number of nitrogens with one attached hydrogen (secondary N) is 1. The van der Waals surface area contributed by atoms with Crippen molar-refractivity contribution in [2.75, 3.05) is 37.6 Å². The van der Waals surface area contributed by atoms with E-state index in [2.05, 4.69) is 9.12 Å². The van der Waals surface area contributed by atoms with Gasteiger partial charge < -0.3 is 24.8 Å². The number of piperidine rings is 1.